The first kappa shape index (κ1) is 50.7. The van der Waals surface area contributed by atoms with Crippen LogP contribution in [0.25, 0.3) is 25.5 Å². The number of hydrogen-bond donors (Lipinski definition) is 0. The Balaban J connectivity index is 0.000000176. The van der Waals surface area contributed by atoms with E-state index in [1.165, 1.54) is 49.7 Å². The lowest BCUT2D eigenvalue weighted by Gasteiger charge is -2.41. The van der Waals surface area contributed by atoms with Gasteiger partial charge in [-0.25, -0.2) is 43.0 Å². The van der Waals surface area contributed by atoms with E-state index < -0.39 is 5.66 Å². The van der Waals surface area contributed by atoms with Crippen molar-refractivity contribution >= 4 is 6.08 Å². The second-order valence-corrected chi connectivity index (χ2v) is 18.6. The lowest BCUT2D eigenvalue weighted by Crippen LogP contribution is -2.32. The fourth-order valence-electron chi connectivity index (χ4n) is 11.8. The molecule has 0 aliphatic heterocycles. The monoisotopic (exact) mass is 879 g/mol. The van der Waals surface area contributed by atoms with Crippen molar-refractivity contribution in [2.75, 3.05) is 0 Å². The molecular formula is C61H62N6. The van der Waals surface area contributed by atoms with Crippen LogP contribution in [0.15, 0.2) is 150 Å². The van der Waals surface area contributed by atoms with Crippen LogP contribution in [-0.4, -0.2) is 5.66 Å². The topological polar surface area (TPSA) is 65.0 Å². The summed E-state index contributed by atoms with van der Waals surface area (Å²) in [7, 11) is 0. The highest BCUT2D eigenvalue weighted by molar-refractivity contribution is 5.48. The Morgan fingerprint density at radius 2 is 1.37 bits per heavy atom. The zero-order chi connectivity index (χ0) is 48.2. The molecule has 8 rings (SSSR count). The van der Waals surface area contributed by atoms with Gasteiger partial charge in [-0.05, 0) is 159 Å². The van der Waals surface area contributed by atoms with Gasteiger partial charge in [-0.2, -0.15) is 0 Å². The molecule has 6 bridgehead atoms. The molecule has 6 aliphatic carbocycles. The lowest BCUT2D eigenvalue weighted by atomic mass is 9.63. The van der Waals surface area contributed by atoms with E-state index in [1.54, 1.807) is 0 Å². The van der Waals surface area contributed by atoms with Gasteiger partial charge in [0.15, 0.2) is 6.42 Å². The minimum absolute atomic E-state index is 0.0937. The van der Waals surface area contributed by atoms with Crippen LogP contribution in [0.4, 0.5) is 0 Å². The minimum Gasteiger partial charge on any atom is -0.227 e. The molecule has 6 nitrogen and oxygen atoms in total. The molecule has 10 atom stereocenters. The van der Waals surface area contributed by atoms with Crippen LogP contribution in [-0.2, 0) is 0 Å². The summed E-state index contributed by atoms with van der Waals surface area (Å²) in [6.07, 6.45) is 31.7. The Hall–Kier alpha value is -7.32. The van der Waals surface area contributed by atoms with E-state index in [2.05, 4.69) is 124 Å². The summed E-state index contributed by atoms with van der Waals surface area (Å²) in [5.41, 5.74) is 10.7. The van der Waals surface area contributed by atoms with Crippen molar-refractivity contribution in [1.82, 2.24) is 0 Å². The fraction of sp³-hybridized carbons (Fsp3) is 0.410. The van der Waals surface area contributed by atoms with E-state index in [0.29, 0.717) is 41.2 Å². The van der Waals surface area contributed by atoms with Crippen LogP contribution in [0.1, 0.15) is 107 Å². The van der Waals surface area contributed by atoms with Crippen molar-refractivity contribution < 1.29 is 0 Å². The standard InChI is InChI=1S/C23H22N2.2C14H14N2.C10H12/c1-4-9-20-17-12-13-18(14-17)22(23(20)21(15-24)25-3)19(5-2)16-10-7-6-8-11-16;1-4-7-14(15-2,16-3)13-9-11-5-6-12(8-11)10-13;1-3-4-12-11-6-5-10(7-11)8-13(12)14(9-15)16-2;1-2-3-7-10-8-5-4-6-9-10/h5-11,17-20,22H,1-2,12-14H2;1,9,11-12H,5-8,10H2;4,10-12H,1,5-8H2;3-9H,2H2,1H3/b23-21-;;14-13+;7-3+/t17?,18-,19-,20-,22-;;10-,11?,12-;/m0.0./s1. The summed E-state index contributed by atoms with van der Waals surface area (Å²) in [6, 6.07) is 24.9. The first-order valence-electron chi connectivity index (χ1n) is 23.8. The molecule has 0 heterocycles. The van der Waals surface area contributed by atoms with E-state index >= 15 is 0 Å². The highest BCUT2D eigenvalue weighted by Gasteiger charge is 2.51. The first-order chi connectivity index (χ1) is 32.7. The number of terminal acetylenes is 1. The van der Waals surface area contributed by atoms with E-state index in [4.69, 9.17) is 38.0 Å². The molecule has 0 amide bonds. The van der Waals surface area contributed by atoms with Gasteiger partial charge in [-0.3, -0.25) is 0 Å². The summed E-state index contributed by atoms with van der Waals surface area (Å²) in [6.45, 7) is 42.7. The number of allylic oxidation sites excluding steroid dienone is 9. The van der Waals surface area contributed by atoms with Gasteiger partial charge in [0.05, 0.1) is 25.3 Å². The van der Waals surface area contributed by atoms with Crippen LogP contribution in [0, 0.1) is 115 Å². The highest BCUT2D eigenvalue weighted by atomic mass is 15.0. The molecule has 0 N–H and O–H groups in total. The summed E-state index contributed by atoms with van der Waals surface area (Å²) >= 11 is 0. The maximum Gasteiger partial charge on any atom is 0.516 e. The summed E-state index contributed by atoms with van der Waals surface area (Å²) in [5.74, 6) is 6.66. The van der Waals surface area contributed by atoms with Crippen LogP contribution < -0.4 is 0 Å². The fourth-order valence-corrected chi connectivity index (χ4v) is 11.8. The zero-order valence-corrected chi connectivity index (χ0v) is 39.1. The van der Waals surface area contributed by atoms with Gasteiger partial charge in [0.1, 0.15) is 5.57 Å². The first-order valence-corrected chi connectivity index (χ1v) is 23.8. The lowest BCUT2D eigenvalue weighted by molar-refractivity contribution is 0.263. The Morgan fingerprint density at radius 3 is 1.96 bits per heavy atom. The minimum atomic E-state index is -1.09. The summed E-state index contributed by atoms with van der Waals surface area (Å²) in [5, 5.41) is 18.6. The molecule has 6 aliphatic rings. The van der Waals surface area contributed by atoms with E-state index in [0.717, 1.165) is 55.2 Å². The van der Waals surface area contributed by atoms with Gasteiger partial charge in [-0.1, -0.05) is 111 Å². The smallest absolute Gasteiger partial charge is 0.227 e. The van der Waals surface area contributed by atoms with Gasteiger partial charge in [0, 0.05) is 11.8 Å². The molecule has 336 valence electrons. The van der Waals surface area contributed by atoms with Crippen molar-refractivity contribution in [1.29, 1.82) is 10.5 Å². The SMILES string of the molecule is CC/C=C/c1ccccc1.[C-]#[N+]/C(C#N)=C1\C[C@H]2CCC(C2)[C@@H]1C=C=C.[C-]#[N+]/C(C#N)=C1\[C@H]([C@@H](C=C)c2ccccc2)[C@H]2CCC(C2)[C@@H]1C=C=C.[C-]#[N+]C(CC#C)([N+]#[C-])C1=CC2CCC(C1)C2. The average Bonchev–Trinajstić information content (AvgIpc) is 4.09. The number of nitriles is 2. The van der Waals surface area contributed by atoms with Crippen LogP contribution >= 0.6 is 0 Å². The molecule has 2 aromatic carbocycles. The number of fused-ring (bicyclic) bond motifs is 6. The van der Waals surface area contributed by atoms with Crippen molar-refractivity contribution in [3.63, 3.8) is 0 Å². The predicted octanol–water partition coefficient (Wildman–Crippen LogP) is 15.5. The number of hydrogen-bond acceptors (Lipinski definition) is 2. The Bertz CT molecular complexity index is 2550. The maximum atomic E-state index is 9.60. The molecule has 0 spiro atoms. The highest BCUT2D eigenvalue weighted by Crippen LogP contribution is 2.57. The third kappa shape index (κ3) is 12.3. The Kier molecular flexibility index (Phi) is 19.2. The van der Waals surface area contributed by atoms with Gasteiger partial charge in [-0.15, -0.1) is 24.5 Å². The molecule has 0 aromatic heterocycles. The predicted molar refractivity (Wildman–Crippen MR) is 271 cm³/mol. The number of nitrogens with zero attached hydrogens (tertiary/aromatic N) is 6. The van der Waals surface area contributed by atoms with E-state index in [-0.39, 0.29) is 35.8 Å². The second-order valence-electron chi connectivity index (χ2n) is 18.6. The molecule has 5 fully saturated rings. The van der Waals surface area contributed by atoms with Crippen LogP contribution in [0.3, 0.4) is 0 Å². The molecule has 0 saturated heterocycles. The number of rotatable bonds is 9. The normalized spacial score (nSPS) is 27.7. The van der Waals surface area contributed by atoms with E-state index in [9.17, 15) is 5.26 Å². The third-order valence-electron chi connectivity index (χ3n) is 14.8. The van der Waals surface area contributed by atoms with Crippen molar-refractivity contribution in [2.45, 2.75) is 102 Å². The van der Waals surface area contributed by atoms with E-state index in [1.807, 2.05) is 48.6 Å². The van der Waals surface area contributed by atoms with Gasteiger partial charge in [0.2, 0.25) is 0 Å². The van der Waals surface area contributed by atoms with Crippen LogP contribution in [0.5, 0.6) is 0 Å². The molecular weight excluding hydrogens is 817 g/mol. The average molecular weight is 879 g/mol. The quantitative estimate of drug-likeness (QED) is 0.0828. The third-order valence-corrected chi connectivity index (χ3v) is 14.8. The molecule has 6 heteroatoms. The Morgan fingerprint density at radius 1 is 0.776 bits per heavy atom. The maximum absolute atomic E-state index is 9.60. The van der Waals surface area contributed by atoms with Crippen molar-refractivity contribution in [3.05, 3.63) is 207 Å². The molecule has 0 radical (unpaired) electrons. The molecule has 67 heavy (non-hydrogen) atoms. The summed E-state index contributed by atoms with van der Waals surface area (Å²) < 4.78 is 0. The molecule has 4 unspecified atom stereocenters. The zero-order valence-electron chi connectivity index (χ0n) is 39.1. The van der Waals surface area contributed by atoms with Crippen LogP contribution in [0.2, 0.25) is 0 Å². The molecule has 5 saturated carbocycles. The molecule has 2 aromatic rings. The largest absolute Gasteiger partial charge is 0.516 e. The van der Waals surface area contributed by atoms with Gasteiger partial charge in [0.25, 0.3) is 11.4 Å². The van der Waals surface area contributed by atoms with Crippen molar-refractivity contribution in [3.8, 4) is 24.5 Å². The Labute approximate surface area is 401 Å². The number of benzene rings is 2. The van der Waals surface area contributed by atoms with Crippen molar-refractivity contribution in [2.24, 2.45) is 53.3 Å². The summed E-state index contributed by atoms with van der Waals surface area (Å²) in [4.78, 5) is 14.0. The second kappa shape index (κ2) is 25.4. The van der Waals surface area contributed by atoms with Gasteiger partial charge >= 0.3 is 5.66 Å². The van der Waals surface area contributed by atoms with Gasteiger partial charge < -0.3 is 0 Å².